The van der Waals surface area contributed by atoms with Crippen molar-refractivity contribution in [3.63, 3.8) is 0 Å². The van der Waals surface area contributed by atoms with E-state index in [9.17, 15) is 4.79 Å². The van der Waals surface area contributed by atoms with Crippen molar-refractivity contribution in [2.75, 3.05) is 32.7 Å². The Balaban J connectivity index is 2.79. The van der Waals surface area contributed by atoms with E-state index >= 15 is 0 Å². The van der Waals surface area contributed by atoms with Gasteiger partial charge in [-0.15, -0.1) is 0 Å². The zero-order valence-corrected chi connectivity index (χ0v) is 12.4. The number of anilines is 1. The van der Waals surface area contributed by atoms with Gasteiger partial charge in [-0.05, 0) is 37.1 Å². The number of rotatable bonds is 6. The van der Waals surface area contributed by atoms with Crippen LogP contribution < -0.4 is 9.64 Å². The van der Waals surface area contributed by atoms with Gasteiger partial charge >= 0.3 is 5.97 Å². The molecule has 0 N–H and O–H groups in total. The molecule has 0 fully saturated rings. The van der Waals surface area contributed by atoms with Crippen LogP contribution in [0.5, 0.6) is 5.75 Å². The number of carbonyl (C=O) groups excluding carboxylic acids is 1. The highest BCUT2D eigenvalue weighted by atomic mass is 16.5. The summed E-state index contributed by atoms with van der Waals surface area (Å²) in [6.45, 7) is 4.65. The predicted octanol–water partition coefficient (Wildman–Crippen LogP) is 2.64. The van der Waals surface area contributed by atoms with E-state index < -0.39 is 0 Å². The fraction of sp³-hybridized carbons (Fsp3) is 0.533. The van der Waals surface area contributed by atoms with Gasteiger partial charge < -0.3 is 14.4 Å². The summed E-state index contributed by atoms with van der Waals surface area (Å²) in [5.74, 6) is 0.620. The van der Waals surface area contributed by atoms with Gasteiger partial charge in [0.25, 0.3) is 0 Å². The van der Waals surface area contributed by atoms with E-state index in [4.69, 9.17) is 9.47 Å². The lowest BCUT2D eigenvalue weighted by molar-refractivity contribution is -0.145. The van der Waals surface area contributed by atoms with E-state index in [1.807, 2.05) is 33.0 Å². The SMILES string of the molecule is CCC(CN(C)c1ccc(OC)c(C)c1)C(=O)OC. The Kier molecular flexibility index (Phi) is 5.67. The van der Waals surface area contributed by atoms with E-state index in [1.165, 1.54) is 7.11 Å². The van der Waals surface area contributed by atoms with Gasteiger partial charge in [-0.3, -0.25) is 4.79 Å². The van der Waals surface area contributed by atoms with E-state index in [0.717, 1.165) is 23.4 Å². The van der Waals surface area contributed by atoms with Crippen LogP contribution in [-0.2, 0) is 9.53 Å². The fourth-order valence-corrected chi connectivity index (χ4v) is 2.07. The van der Waals surface area contributed by atoms with Gasteiger partial charge in [0.15, 0.2) is 0 Å². The molecule has 0 saturated carbocycles. The first-order valence-electron chi connectivity index (χ1n) is 6.47. The minimum atomic E-state index is -0.153. The molecule has 0 aromatic heterocycles. The Morgan fingerprint density at radius 2 is 2.05 bits per heavy atom. The molecule has 4 nitrogen and oxygen atoms in total. The number of methoxy groups -OCH3 is 2. The summed E-state index contributed by atoms with van der Waals surface area (Å²) in [6, 6.07) is 6.00. The van der Waals surface area contributed by atoms with Crippen LogP contribution in [0.2, 0.25) is 0 Å². The Morgan fingerprint density at radius 3 is 2.53 bits per heavy atom. The van der Waals surface area contributed by atoms with E-state index in [2.05, 4.69) is 11.0 Å². The summed E-state index contributed by atoms with van der Waals surface area (Å²) < 4.78 is 10.1. The molecule has 19 heavy (non-hydrogen) atoms. The Morgan fingerprint density at radius 1 is 1.37 bits per heavy atom. The number of aryl methyl sites for hydroxylation is 1. The zero-order chi connectivity index (χ0) is 14.4. The lowest BCUT2D eigenvalue weighted by atomic mass is 10.1. The minimum absolute atomic E-state index is 0.0996. The number of benzene rings is 1. The van der Waals surface area contributed by atoms with Gasteiger partial charge in [-0.2, -0.15) is 0 Å². The van der Waals surface area contributed by atoms with E-state index in [1.54, 1.807) is 7.11 Å². The molecule has 1 rings (SSSR count). The number of nitrogens with zero attached hydrogens (tertiary/aromatic N) is 1. The Labute approximate surface area is 115 Å². The molecule has 1 aromatic rings. The standard InChI is InChI=1S/C15H23NO3/c1-6-12(15(17)19-5)10-16(3)13-7-8-14(18-4)11(2)9-13/h7-9,12H,6,10H2,1-5H3. The van der Waals surface area contributed by atoms with Gasteiger partial charge in [-0.1, -0.05) is 6.92 Å². The number of carbonyl (C=O) groups is 1. The van der Waals surface area contributed by atoms with Crippen molar-refractivity contribution in [3.05, 3.63) is 23.8 Å². The minimum Gasteiger partial charge on any atom is -0.496 e. The number of hydrogen-bond acceptors (Lipinski definition) is 4. The first-order valence-corrected chi connectivity index (χ1v) is 6.47. The van der Waals surface area contributed by atoms with Crippen LogP contribution >= 0.6 is 0 Å². The first-order chi connectivity index (χ1) is 9.03. The van der Waals surface area contributed by atoms with Crippen molar-refractivity contribution in [1.29, 1.82) is 0 Å². The van der Waals surface area contributed by atoms with Gasteiger partial charge in [0.05, 0.1) is 20.1 Å². The monoisotopic (exact) mass is 265 g/mol. The van der Waals surface area contributed by atoms with Gasteiger partial charge in [0.2, 0.25) is 0 Å². The van der Waals surface area contributed by atoms with Crippen LogP contribution in [0, 0.1) is 12.8 Å². The maximum absolute atomic E-state index is 11.6. The largest absolute Gasteiger partial charge is 0.496 e. The second-order valence-electron chi connectivity index (χ2n) is 4.66. The highest BCUT2D eigenvalue weighted by Gasteiger charge is 2.19. The summed E-state index contributed by atoms with van der Waals surface area (Å²) in [7, 11) is 5.07. The lowest BCUT2D eigenvalue weighted by Gasteiger charge is -2.24. The van der Waals surface area contributed by atoms with E-state index in [-0.39, 0.29) is 11.9 Å². The fourth-order valence-electron chi connectivity index (χ4n) is 2.07. The zero-order valence-electron chi connectivity index (χ0n) is 12.4. The molecule has 106 valence electrons. The second kappa shape index (κ2) is 7.02. The van der Waals surface area contributed by atoms with Crippen LogP contribution in [0.15, 0.2) is 18.2 Å². The molecule has 0 aliphatic heterocycles. The van der Waals surface area contributed by atoms with E-state index in [0.29, 0.717) is 6.54 Å². The molecule has 0 spiro atoms. The number of esters is 1. The maximum atomic E-state index is 11.6. The third-order valence-electron chi connectivity index (χ3n) is 3.34. The van der Waals surface area contributed by atoms with Gasteiger partial charge in [0, 0.05) is 19.3 Å². The van der Waals surface area contributed by atoms with Crippen molar-refractivity contribution < 1.29 is 14.3 Å². The summed E-state index contributed by atoms with van der Waals surface area (Å²) >= 11 is 0. The van der Waals surface area contributed by atoms with Gasteiger partial charge in [0.1, 0.15) is 5.75 Å². The molecule has 0 heterocycles. The summed E-state index contributed by atoms with van der Waals surface area (Å²) in [6.07, 6.45) is 0.770. The first kappa shape index (κ1) is 15.3. The number of hydrogen-bond donors (Lipinski definition) is 0. The predicted molar refractivity (Wildman–Crippen MR) is 76.8 cm³/mol. The summed E-state index contributed by atoms with van der Waals surface area (Å²) in [4.78, 5) is 13.7. The van der Waals surface area contributed by atoms with Crippen molar-refractivity contribution in [2.45, 2.75) is 20.3 Å². The summed E-state index contributed by atoms with van der Waals surface area (Å²) in [5, 5.41) is 0. The van der Waals surface area contributed by atoms with Crippen LogP contribution in [0.25, 0.3) is 0 Å². The van der Waals surface area contributed by atoms with Crippen LogP contribution in [0.3, 0.4) is 0 Å². The molecule has 0 aliphatic rings. The molecule has 0 saturated heterocycles. The average molecular weight is 265 g/mol. The second-order valence-corrected chi connectivity index (χ2v) is 4.66. The Bertz CT molecular complexity index is 431. The molecule has 4 heteroatoms. The molecule has 1 atom stereocenters. The molecule has 1 unspecified atom stereocenters. The normalized spacial score (nSPS) is 11.8. The van der Waals surface area contributed by atoms with Crippen molar-refractivity contribution in [1.82, 2.24) is 0 Å². The highest BCUT2D eigenvalue weighted by Crippen LogP contribution is 2.24. The van der Waals surface area contributed by atoms with Crippen molar-refractivity contribution in [2.24, 2.45) is 5.92 Å². The molecular formula is C15H23NO3. The van der Waals surface area contributed by atoms with Crippen molar-refractivity contribution >= 4 is 11.7 Å². The lowest BCUT2D eigenvalue weighted by Crippen LogP contribution is -2.30. The third-order valence-corrected chi connectivity index (χ3v) is 3.34. The molecule has 0 bridgehead atoms. The summed E-state index contributed by atoms with van der Waals surface area (Å²) in [5.41, 5.74) is 2.15. The van der Waals surface area contributed by atoms with Crippen LogP contribution in [0.4, 0.5) is 5.69 Å². The maximum Gasteiger partial charge on any atom is 0.310 e. The smallest absolute Gasteiger partial charge is 0.310 e. The van der Waals surface area contributed by atoms with Gasteiger partial charge in [-0.25, -0.2) is 0 Å². The molecule has 0 amide bonds. The Hall–Kier alpha value is -1.71. The quantitative estimate of drug-likeness (QED) is 0.741. The highest BCUT2D eigenvalue weighted by molar-refractivity contribution is 5.73. The molecule has 0 radical (unpaired) electrons. The third kappa shape index (κ3) is 3.88. The van der Waals surface area contributed by atoms with Crippen molar-refractivity contribution in [3.8, 4) is 5.75 Å². The average Bonchev–Trinajstić information content (AvgIpc) is 2.43. The molecule has 1 aromatic carbocycles. The molecular weight excluding hydrogens is 242 g/mol. The number of ether oxygens (including phenoxy) is 2. The topological polar surface area (TPSA) is 38.8 Å². The van der Waals surface area contributed by atoms with Crippen LogP contribution in [-0.4, -0.2) is 33.8 Å². The van der Waals surface area contributed by atoms with Crippen LogP contribution in [0.1, 0.15) is 18.9 Å². The molecule has 0 aliphatic carbocycles.